The zero-order valence-corrected chi connectivity index (χ0v) is 21.3. The van der Waals surface area contributed by atoms with E-state index in [1.54, 1.807) is 21.6 Å². The summed E-state index contributed by atoms with van der Waals surface area (Å²) in [5.74, 6) is -1.82. The molecule has 0 spiro atoms. The van der Waals surface area contributed by atoms with E-state index in [0.717, 1.165) is 11.1 Å². The number of benzene rings is 2. The Hall–Kier alpha value is -3.70. The van der Waals surface area contributed by atoms with Crippen LogP contribution < -0.4 is 10.2 Å². The number of hydrogen-bond acceptors (Lipinski definition) is 5. The SMILES string of the molecule is NC(=O)C1c2cc([N+]3(C(=O)O)CCn4c(c(C(=O)O)c(Cl)c4-c4ccccc4)C3)ccc2CCN1CCO. The number of fused-ring (bicyclic) bond motifs is 2. The summed E-state index contributed by atoms with van der Waals surface area (Å²) in [7, 11) is 0. The monoisotopic (exact) mass is 539 g/mol. The lowest BCUT2D eigenvalue weighted by Gasteiger charge is -2.39. The quantitative estimate of drug-likeness (QED) is 0.352. The van der Waals surface area contributed by atoms with Gasteiger partial charge in [0.25, 0.3) is 0 Å². The van der Waals surface area contributed by atoms with Gasteiger partial charge in [0.15, 0.2) is 0 Å². The van der Waals surface area contributed by atoms with Crippen molar-refractivity contribution < 1.29 is 29.7 Å². The number of amides is 2. The van der Waals surface area contributed by atoms with Gasteiger partial charge in [-0.25, -0.2) is 4.79 Å². The Bertz CT molecular complexity index is 1440. The van der Waals surface area contributed by atoms with Crippen LogP contribution in [-0.2, 0) is 24.3 Å². The van der Waals surface area contributed by atoms with Gasteiger partial charge in [0, 0.05) is 25.2 Å². The number of halogens is 1. The van der Waals surface area contributed by atoms with Gasteiger partial charge in [0.05, 0.1) is 29.6 Å². The average Bonchev–Trinajstić information content (AvgIpc) is 3.19. The lowest BCUT2D eigenvalue weighted by molar-refractivity contribution is -0.124. The summed E-state index contributed by atoms with van der Waals surface area (Å²) < 4.78 is 1.24. The largest absolute Gasteiger partial charge is 0.519 e. The number of aliphatic hydroxyl groups is 1. The molecule has 11 heteroatoms. The van der Waals surface area contributed by atoms with Crippen LogP contribution in [-0.4, -0.2) is 69.0 Å². The molecule has 2 unspecified atom stereocenters. The summed E-state index contributed by atoms with van der Waals surface area (Å²) in [5.41, 5.74) is 9.14. The van der Waals surface area contributed by atoms with E-state index < -0.39 is 28.5 Å². The van der Waals surface area contributed by atoms with E-state index in [1.165, 1.54) is 0 Å². The van der Waals surface area contributed by atoms with E-state index in [-0.39, 0.29) is 43.4 Å². The van der Waals surface area contributed by atoms with Gasteiger partial charge >= 0.3 is 12.1 Å². The third-order valence-corrected chi connectivity index (χ3v) is 8.04. The highest BCUT2D eigenvalue weighted by atomic mass is 35.5. The van der Waals surface area contributed by atoms with Gasteiger partial charge in [-0.3, -0.25) is 9.69 Å². The lowest BCUT2D eigenvalue weighted by Crippen LogP contribution is -2.57. The molecule has 0 bridgehead atoms. The zero-order chi connectivity index (χ0) is 27.2. The maximum absolute atomic E-state index is 12.9. The Labute approximate surface area is 223 Å². The van der Waals surface area contributed by atoms with Gasteiger partial charge in [-0.05, 0) is 23.1 Å². The molecule has 10 nitrogen and oxygen atoms in total. The third-order valence-electron chi connectivity index (χ3n) is 7.67. The van der Waals surface area contributed by atoms with Crippen molar-refractivity contribution >= 4 is 35.3 Å². The standard InChI is InChI=1S/C27H27ClN4O6/c28-22-21(26(35)36)20-15-32(27(37)38,12-10-31(20)23(22)17-4-2-1-3-5-17)18-7-6-16-8-9-30(11-13-33)24(25(29)34)19(16)14-18/h1-7,14,24,33H,8-13,15H2,(H3-,29,34,35,36,37,38)/p+1. The van der Waals surface area contributed by atoms with Crippen molar-refractivity contribution in [2.24, 2.45) is 5.73 Å². The van der Waals surface area contributed by atoms with Gasteiger partial charge in [0.1, 0.15) is 30.4 Å². The number of quaternary nitrogens is 1. The minimum atomic E-state index is -1.23. The van der Waals surface area contributed by atoms with Crippen LogP contribution in [0, 0.1) is 0 Å². The number of hydrogen-bond donors (Lipinski definition) is 4. The topological polar surface area (TPSA) is 146 Å². The number of carbonyl (C=O) groups excluding carboxylic acids is 1. The van der Waals surface area contributed by atoms with E-state index in [2.05, 4.69) is 0 Å². The number of carboxylic acids is 1. The van der Waals surface area contributed by atoms with Crippen LogP contribution in [0.5, 0.6) is 0 Å². The molecule has 2 amide bonds. The molecule has 2 aliphatic rings. The highest BCUT2D eigenvalue weighted by Gasteiger charge is 2.47. The van der Waals surface area contributed by atoms with Crippen molar-refractivity contribution in [3.8, 4) is 11.3 Å². The first-order chi connectivity index (χ1) is 18.2. The number of nitrogens with two attached hydrogens (primary N) is 1. The predicted octanol–water partition coefficient (Wildman–Crippen LogP) is 3.08. The zero-order valence-electron chi connectivity index (χ0n) is 20.5. The highest BCUT2D eigenvalue weighted by Crippen LogP contribution is 2.42. The molecular weight excluding hydrogens is 512 g/mol. The summed E-state index contributed by atoms with van der Waals surface area (Å²) in [5, 5.41) is 30.2. The molecule has 0 aliphatic carbocycles. The van der Waals surface area contributed by atoms with Crippen LogP contribution in [0.3, 0.4) is 0 Å². The van der Waals surface area contributed by atoms with Crippen molar-refractivity contribution in [2.45, 2.75) is 25.6 Å². The molecule has 1 aromatic heterocycles. The molecule has 2 aliphatic heterocycles. The molecule has 198 valence electrons. The second kappa shape index (κ2) is 9.88. The smallest absolute Gasteiger partial charge is 0.478 e. The van der Waals surface area contributed by atoms with Crippen LogP contribution in [0.4, 0.5) is 10.5 Å². The molecule has 2 atom stereocenters. The summed E-state index contributed by atoms with van der Waals surface area (Å²) in [4.78, 5) is 39.5. The molecule has 2 aromatic carbocycles. The fraction of sp³-hybridized carbons (Fsp3) is 0.296. The van der Waals surface area contributed by atoms with Crippen LogP contribution in [0.25, 0.3) is 11.3 Å². The number of rotatable bonds is 6. The molecule has 0 radical (unpaired) electrons. The Morgan fingerprint density at radius 2 is 1.82 bits per heavy atom. The number of carbonyl (C=O) groups is 3. The molecule has 5 rings (SSSR count). The van der Waals surface area contributed by atoms with E-state index in [0.29, 0.717) is 35.6 Å². The first kappa shape index (κ1) is 25.9. The maximum Gasteiger partial charge on any atom is 0.519 e. The van der Waals surface area contributed by atoms with Crippen LogP contribution in [0.2, 0.25) is 5.02 Å². The van der Waals surface area contributed by atoms with Crippen molar-refractivity contribution in [1.82, 2.24) is 14.0 Å². The third kappa shape index (κ3) is 4.06. The molecule has 5 N–H and O–H groups in total. The van der Waals surface area contributed by atoms with Crippen molar-refractivity contribution in [3.05, 3.63) is 75.9 Å². The fourth-order valence-electron chi connectivity index (χ4n) is 5.86. The number of aliphatic hydroxyl groups excluding tert-OH is 1. The number of primary amides is 1. The lowest BCUT2D eigenvalue weighted by atomic mass is 9.91. The van der Waals surface area contributed by atoms with Gasteiger partial charge in [0.2, 0.25) is 5.91 Å². The molecule has 0 fully saturated rings. The molecule has 0 saturated heterocycles. The average molecular weight is 540 g/mol. The molecule has 3 heterocycles. The van der Waals surface area contributed by atoms with Crippen molar-refractivity contribution in [1.29, 1.82) is 0 Å². The maximum atomic E-state index is 12.9. The number of β-amino-alcohol motifs (C(OH)–C–C–N with tert-alkyl or cyclic N) is 1. The first-order valence-corrected chi connectivity index (χ1v) is 12.6. The Balaban J connectivity index is 1.65. The van der Waals surface area contributed by atoms with Crippen molar-refractivity contribution in [2.75, 3.05) is 26.2 Å². The minimum Gasteiger partial charge on any atom is -0.478 e. The van der Waals surface area contributed by atoms with Crippen LogP contribution in [0.1, 0.15) is 33.2 Å². The Morgan fingerprint density at radius 3 is 2.45 bits per heavy atom. The van der Waals surface area contributed by atoms with Crippen LogP contribution in [0.15, 0.2) is 48.5 Å². The number of aromatic nitrogens is 1. The molecular formula is C27H28ClN4O6+. The second-order valence-corrected chi connectivity index (χ2v) is 10.0. The van der Waals surface area contributed by atoms with Gasteiger partial charge in [-0.1, -0.05) is 48.0 Å². The van der Waals surface area contributed by atoms with Gasteiger partial charge in [-0.2, -0.15) is 9.28 Å². The number of nitrogens with zero attached hydrogens (tertiary/aromatic N) is 3. The Kier molecular flexibility index (Phi) is 6.74. The number of aromatic carboxylic acids is 1. The van der Waals surface area contributed by atoms with Gasteiger partial charge < -0.3 is 25.6 Å². The van der Waals surface area contributed by atoms with Crippen LogP contribution >= 0.6 is 11.6 Å². The highest BCUT2D eigenvalue weighted by molar-refractivity contribution is 6.36. The van der Waals surface area contributed by atoms with Gasteiger partial charge in [-0.15, -0.1) is 0 Å². The number of carboxylic acid groups (broad SMARTS) is 2. The Morgan fingerprint density at radius 1 is 1.08 bits per heavy atom. The first-order valence-electron chi connectivity index (χ1n) is 12.3. The van der Waals surface area contributed by atoms with Crippen molar-refractivity contribution in [3.63, 3.8) is 0 Å². The fourth-order valence-corrected chi connectivity index (χ4v) is 6.26. The van der Waals surface area contributed by atoms with E-state index in [9.17, 15) is 29.7 Å². The second-order valence-electron chi connectivity index (χ2n) is 9.64. The minimum absolute atomic E-state index is 0.0722. The summed E-state index contributed by atoms with van der Waals surface area (Å²) in [6.07, 6.45) is -0.529. The molecule has 3 aromatic rings. The normalized spacial score (nSPS) is 20.9. The summed E-state index contributed by atoms with van der Waals surface area (Å²) in [6.45, 7) is 0.845. The molecule has 38 heavy (non-hydrogen) atoms. The molecule has 0 saturated carbocycles. The van der Waals surface area contributed by atoms with E-state index in [4.69, 9.17) is 17.3 Å². The summed E-state index contributed by atoms with van der Waals surface area (Å²) in [6, 6.07) is 13.6. The summed E-state index contributed by atoms with van der Waals surface area (Å²) >= 11 is 6.63. The van der Waals surface area contributed by atoms with E-state index >= 15 is 0 Å². The van der Waals surface area contributed by atoms with E-state index in [1.807, 2.05) is 36.4 Å². The predicted molar refractivity (Wildman–Crippen MR) is 141 cm³/mol.